The van der Waals surface area contributed by atoms with Gasteiger partial charge in [-0.25, -0.2) is 0 Å². The van der Waals surface area contributed by atoms with E-state index >= 15 is 0 Å². The number of nitrogens with zero attached hydrogens (tertiary/aromatic N) is 1. The summed E-state index contributed by atoms with van der Waals surface area (Å²) < 4.78 is 11.7. The summed E-state index contributed by atoms with van der Waals surface area (Å²) in [5.74, 6) is -0.318. The van der Waals surface area contributed by atoms with Gasteiger partial charge in [-0.3, -0.25) is 4.90 Å². The molecule has 1 heterocycles. The average molecular weight is 242 g/mol. The number of rotatable bonds is 4. The third-order valence-corrected chi connectivity index (χ3v) is 4.07. The second-order valence-electron chi connectivity index (χ2n) is 5.21. The van der Waals surface area contributed by atoms with Gasteiger partial charge in [0, 0.05) is 24.9 Å². The monoisotopic (exact) mass is 242 g/mol. The first-order chi connectivity index (χ1) is 8.21. The molecule has 0 amide bonds. The van der Waals surface area contributed by atoms with Crippen LogP contribution in [0.5, 0.6) is 0 Å². The molecule has 0 aromatic carbocycles. The molecular formula is C13H26N2O2. The summed E-state index contributed by atoms with van der Waals surface area (Å²) in [4.78, 5) is 2.48. The van der Waals surface area contributed by atoms with Crippen molar-refractivity contribution in [2.75, 3.05) is 26.3 Å². The predicted molar refractivity (Wildman–Crippen MR) is 67.8 cm³/mol. The number of nitrogens with two attached hydrogens (primary N) is 1. The van der Waals surface area contributed by atoms with E-state index in [0.717, 1.165) is 45.6 Å². The lowest BCUT2D eigenvalue weighted by molar-refractivity contribution is -0.191. The fraction of sp³-hybridized carbons (Fsp3) is 1.00. The molecule has 1 aliphatic carbocycles. The molecule has 1 aliphatic heterocycles. The lowest BCUT2D eigenvalue weighted by Gasteiger charge is -2.44. The molecular weight excluding hydrogens is 216 g/mol. The number of likely N-dealkylation sites (N-methyl/N-ethyl adjacent to an activating group) is 1. The maximum absolute atomic E-state index is 6.28. The van der Waals surface area contributed by atoms with Gasteiger partial charge in [0.25, 0.3) is 0 Å². The molecule has 0 aromatic rings. The topological polar surface area (TPSA) is 47.7 Å². The van der Waals surface area contributed by atoms with Crippen LogP contribution in [0.1, 0.15) is 39.5 Å². The Labute approximate surface area is 104 Å². The Kier molecular flexibility index (Phi) is 4.42. The van der Waals surface area contributed by atoms with Crippen LogP contribution in [-0.2, 0) is 9.47 Å². The van der Waals surface area contributed by atoms with Gasteiger partial charge in [-0.1, -0.05) is 13.8 Å². The van der Waals surface area contributed by atoms with Gasteiger partial charge in [0.05, 0.1) is 13.2 Å². The van der Waals surface area contributed by atoms with Crippen molar-refractivity contribution < 1.29 is 9.47 Å². The molecule has 0 aromatic heterocycles. The van der Waals surface area contributed by atoms with E-state index in [4.69, 9.17) is 15.2 Å². The zero-order valence-electron chi connectivity index (χ0n) is 11.2. The van der Waals surface area contributed by atoms with Gasteiger partial charge in [-0.05, 0) is 25.9 Å². The van der Waals surface area contributed by atoms with Crippen LogP contribution in [0.2, 0.25) is 0 Å². The summed E-state index contributed by atoms with van der Waals surface area (Å²) >= 11 is 0. The van der Waals surface area contributed by atoms with E-state index in [-0.39, 0.29) is 11.8 Å². The van der Waals surface area contributed by atoms with Crippen molar-refractivity contribution in [3.8, 4) is 0 Å². The molecule has 0 radical (unpaired) electrons. The highest BCUT2D eigenvalue weighted by atomic mass is 16.7. The predicted octanol–water partition coefficient (Wildman–Crippen LogP) is 1.34. The van der Waals surface area contributed by atoms with E-state index in [2.05, 4.69) is 18.7 Å². The average Bonchev–Trinajstić information content (AvgIpc) is 2.78. The molecule has 2 rings (SSSR count). The highest BCUT2D eigenvalue weighted by Gasteiger charge is 2.45. The molecule has 4 nitrogen and oxygen atoms in total. The van der Waals surface area contributed by atoms with Gasteiger partial charge in [-0.15, -0.1) is 0 Å². The van der Waals surface area contributed by atoms with E-state index in [1.165, 1.54) is 6.42 Å². The summed E-state index contributed by atoms with van der Waals surface area (Å²) in [5.41, 5.74) is 6.28. The van der Waals surface area contributed by atoms with Crippen LogP contribution in [0, 0.1) is 0 Å². The molecule has 100 valence electrons. The van der Waals surface area contributed by atoms with Crippen LogP contribution in [0.25, 0.3) is 0 Å². The number of hydrogen-bond donors (Lipinski definition) is 1. The molecule has 4 heteroatoms. The summed E-state index contributed by atoms with van der Waals surface area (Å²) in [5, 5.41) is 0. The minimum atomic E-state index is -0.318. The second kappa shape index (κ2) is 5.65. The Hall–Kier alpha value is -0.160. The van der Waals surface area contributed by atoms with E-state index < -0.39 is 0 Å². The van der Waals surface area contributed by atoms with E-state index in [0.29, 0.717) is 6.04 Å². The van der Waals surface area contributed by atoms with Crippen LogP contribution >= 0.6 is 0 Å². The minimum absolute atomic E-state index is 0.264. The zero-order valence-corrected chi connectivity index (χ0v) is 11.2. The van der Waals surface area contributed by atoms with E-state index in [1.54, 1.807) is 0 Å². The third kappa shape index (κ3) is 2.81. The fourth-order valence-corrected chi connectivity index (χ4v) is 3.16. The summed E-state index contributed by atoms with van der Waals surface area (Å²) in [6.07, 6.45) is 4.06. The molecule has 2 atom stereocenters. The zero-order chi connectivity index (χ0) is 12.3. The Balaban J connectivity index is 2.02. The van der Waals surface area contributed by atoms with Crippen LogP contribution in [-0.4, -0.2) is 49.1 Å². The van der Waals surface area contributed by atoms with Crippen LogP contribution < -0.4 is 5.73 Å². The molecule has 0 bridgehead atoms. The second-order valence-corrected chi connectivity index (χ2v) is 5.21. The molecule has 1 saturated heterocycles. The van der Waals surface area contributed by atoms with E-state index in [9.17, 15) is 0 Å². The van der Waals surface area contributed by atoms with Gasteiger partial charge in [-0.2, -0.15) is 0 Å². The first-order valence-electron chi connectivity index (χ1n) is 6.98. The van der Waals surface area contributed by atoms with Gasteiger partial charge in [0.1, 0.15) is 0 Å². The van der Waals surface area contributed by atoms with Crippen molar-refractivity contribution in [2.24, 2.45) is 5.73 Å². The lowest BCUT2D eigenvalue weighted by atomic mass is 9.85. The van der Waals surface area contributed by atoms with E-state index in [1.807, 2.05) is 0 Å². The van der Waals surface area contributed by atoms with Crippen LogP contribution in [0.4, 0.5) is 0 Å². The Bertz CT molecular complexity index is 242. The van der Waals surface area contributed by atoms with Gasteiger partial charge >= 0.3 is 0 Å². The molecule has 2 fully saturated rings. The van der Waals surface area contributed by atoms with Crippen LogP contribution in [0.3, 0.4) is 0 Å². The Morgan fingerprint density at radius 3 is 2.59 bits per heavy atom. The normalized spacial score (nSPS) is 32.5. The molecule has 2 N–H and O–H groups in total. The SMILES string of the molecule is CCCN(CC)C1CC2(CCC1N)OCCO2. The summed E-state index contributed by atoms with van der Waals surface area (Å²) in [6.45, 7) is 8.08. The first kappa shape index (κ1) is 13.3. The minimum Gasteiger partial charge on any atom is -0.347 e. The summed E-state index contributed by atoms with van der Waals surface area (Å²) in [7, 11) is 0. The van der Waals surface area contributed by atoms with Crippen molar-refractivity contribution in [3.05, 3.63) is 0 Å². The molecule has 17 heavy (non-hydrogen) atoms. The molecule has 2 aliphatic rings. The van der Waals surface area contributed by atoms with Gasteiger partial charge < -0.3 is 15.2 Å². The van der Waals surface area contributed by atoms with Crippen LogP contribution in [0.15, 0.2) is 0 Å². The quantitative estimate of drug-likeness (QED) is 0.808. The number of ether oxygens (including phenoxy) is 2. The lowest BCUT2D eigenvalue weighted by Crippen LogP contribution is -2.56. The molecule has 2 unspecified atom stereocenters. The highest BCUT2D eigenvalue weighted by Crippen LogP contribution is 2.37. The van der Waals surface area contributed by atoms with Crippen molar-refractivity contribution in [2.45, 2.75) is 57.4 Å². The largest absolute Gasteiger partial charge is 0.347 e. The fourth-order valence-electron chi connectivity index (χ4n) is 3.16. The standard InChI is InChI=1S/C13H26N2O2/c1-3-7-15(4-2)12-10-13(6-5-11(12)14)16-8-9-17-13/h11-12H,3-10,14H2,1-2H3. The van der Waals surface area contributed by atoms with Crippen molar-refractivity contribution >= 4 is 0 Å². The van der Waals surface area contributed by atoms with Gasteiger partial charge in [0.2, 0.25) is 0 Å². The smallest absolute Gasteiger partial charge is 0.170 e. The molecule has 1 spiro atoms. The number of hydrogen-bond acceptors (Lipinski definition) is 4. The third-order valence-electron chi connectivity index (χ3n) is 4.07. The van der Waals surface area contributed by atoms with Gasteiger partial charge in [0.15, 0.2) is 5.79 Å². The molecule has 1 saturated carbocycles. The summed E-state index contributed by atoms with van der Waals surface area (Å²) in [6, 6.07) is 0.673. The maximum Gasteiger partial charge on any atom is 0.170 e. The maximum atomic E-state index is 6.28. The first-order valence-corrected chi connectivity index (χ1v) is 6.98. The highest BCUT2D eigenvalue weighted by molar-refractivity contribution is 4.94. The van der Waals surface area contributed by atoms with Crippen molar-refractivity contribution in [3.63, 3.8) is 0 Å². The Morgan fingerprint density at radius 2 is 2.00 bits per heavy atom. The van der Waals surface area contributed by atoms with Crippen molar-refractivity contribution in [1.82, 2.24) is 4.90 Å². The Morgan fingerprint density at radius 1 is 1.29 bits per heavy atom. The van der Waals surface area contributed by atoms with Crippen molar-refractivity contribution in [1.29, 1.82) is 0 Å².